The molecule has 1 fully saturated rings. The highest BCUT2D eigenvalue weighted by Crippen LogP contribution is 2.31. The van der Waals surface area contributed by atoms with Crippen LogP contribution in [0.1, 0.15) is 12.8 Å². The molecule has 0 atom stereocenters. The van der Waals surface area contributed by atoms with Crippen LogP contribution < -0.4 is 10.8 Å². The molecule has 1 rings (SSSR count). The van der Waals surface area contributed by atoms with E-state index < -0.39 is 6.09 Å². The fourth-order valence-corrected chi connectivity index (χ4v) is 2.79. The molecule has 4 nitrogen and oxygen atoms in total. The first kappa shape index (κ1) is 13.6. The Kier molecular flexibility index (Phi) is 6.56. The number of hydrogen-bond acceptors (Lipinski definition) is 5. The Balaban J connectivity index is 2.22. The molecule has 1 aliphatic carbocycles. The van der Waals surface area contributed by atoms with Crippen LogP contribution in [0.15, 0.2) is 11.3 Å². The predicted octanol–water partition coefficient (Wildman–Crippen LogP) is 1.99. The van der Waals surface area contributed by atoms with Crippen molar-refractivity contribution in [3.63, 3.8) is 0 Å². The van der Waals surface area contributed by atoms with Crippen molar-refractivity contribution in [2.24, 2.45) is 0 Å². The van der Waals surface area contributed by atoms with Crippen LogP contribution in [0.5, 0.6) is 0 Å². The fraction of sp³-hybridized carbons (Fsp3) is 0.700. The van der Waals surface area contributed by atoms with E-state index in [1.165, 1.54) is 5.57 Å². The Morgan fingerprint density at radius 1 is 1.44 bits per heavy atom. The van der Waals surface area contributed by atoms with Gasteiger partial charge in [-0.1, -0.05) is 0 Å². The number of thioether (sulfide) groups is 2. The van der Waals surface area contributed by atoms with E-state index in [0.717, 1.165) is 35.8 Å². The molecule has 0 aromatic heterocycles. The van der Waals surface area contributed by atoms with Gasteiger partial charge in [-0.05, 0) is 24.7 Å². The summed E-state index contributed by atoms with van der Waals surface area (Å²) in [6.45, 7) is 0. The maximum atomic E-state index is 10.9. The van der Waals surface area contributed by atoms with Crippen molar-refractivity contribution in [1.29, 1.82) is 0 Å². The van der Waals surface area contributed by atoms with Gasteiger partial charge >= 0.3 is 6.09 Å². The minimum absolute atomic E-state index is 0.451. The van der Waals surface area contributed by atoms with Crippen molar-refractivity contribution in [2.75, 3.05) is 30.6 Å². The summed E-state index contributed by atoms with van der Waals surface area (Å²) in [6.07, 6.45) is 3.91. The third-order valence-electron chi connectivity index (χ3n) is 2.08. The lowest BCUT2D eigenvalue weighted by Crippen LogP contribution is -2.27. The van der Waals surface area contributed by atoms with Crippen LogP contribution >= 0.6 is 23.5 Å². The Morgan fingerprint density at radius 3 is 2.75 bits per heavy atom. The van der Waals surface area contributed by atoms with Crippen molar-refractivity contribution in [3.05, 3.63) is 11.3 Å². The van der Waals surface area contributed by atoms with Gasteiger partial charge in [-0.2, -0.15) is 23.5 Å². The number of nitrogens with one attached hydrogen (secondary N) is 2. The van der Waals surface area contributed by atoms with Gasteiger partial charge in [-0.3, -0.25) is 0 Å². The van der Waals surface area contributed by atoms with Gasteiger partial charge < -0.3 is 10.2 Å². The molecule has 1 amide bonds. The number of carbonyl (C=O) groups excluding carboxylic acids is 1. The summed E-state index contributed by atoms with van der Waals surface area (Å²) in [4.78, 5) is 15.7. The third kappa shape index (κ3) is 5.55. The molecule has 16 heavy (non-hydrogen) atoms. The maximum Gasteiger partial charge on any atom is 0.431 e. The van der Waals surface area contributed by atoms with Crippen molar-refractivity contribution in [1.82, 2.24) is 10.8 Å². The van der Waals surface area contributed by atoms with E-state index in [9.17, 15) is 4.79 Å². The Labute approximate surface area is 105 Å². The summed E-state index contributed by atoms with van der Waals surface area (Å²) >= 11 is 3.71. The summed E-state index contributed by atoms with van der Waals surface area (Å²) in [6, 6.07) is 0. The van der Waals surface area contributed by atoms with Crippen molar-refractivity contribution >= 4 is 29.6 Å². The SMILES string of the molecule is CNC(=O)ONC(CSCCSC)=C1CC1. The van der Waals surface area contributed by atoms with Crippen LogP contribution in [-0.4, -0.2) is 36.7 Å². The minimum Gasteiger partial charge on any atom is -0.325 e. The van der Waals surface area contributed by atoms with Crippen LogP contribution in [0.25, 0.3) is 0 Å². The Bertz CT molecular complexity index is 264. The second-order valence-corrected chi connectivity index (χ2v) is 5.46. The third-order valence-corrected chi connectivity index (χ3v) is 3.93. The van der Waals surface area contributed by atoms with Gasteiger partial charge in [0.05, 0.1) is 5.70 Å². The van der Waals surface area contributed by atoms with E-state index >= 15 is 0 Å². The topological polar surface area (TPSA) is 50.4 Å². The number of rotatable bonds is 7. The second-order valence-electron chi connectivity index (χ2n) is 3.37. The van der Waals surface area contributed by atoms with E-state index in [1.807, 2.05) is 23.5 Å². The van der Waals surface area contributed by atoms with Crippen molar-refractivity contribution < 1.29 is 9.63 Å². The molecular formula is C10H18N2O2S2. The molecule has 0 spiro atoms. The summed E-state index contributed by atoms with van der Waals surface area (Å²) < 4.78 is 0. The molecule has 0 heterocycles. The molecule has 0 aromatic carbocycles. The van der Waals surface area contributed by atoms with Crippen molar-refractivity contribution in [3.8, 4) is 0 Å². The molecule has 2 N–H and O–H groups in total. The lowest BCUT2D eigenvalue weighted by atomic mass is 10.4. The molecule has 0 unspecified atom stereocenters. The molecule has 92 valence electrons. The van der Waals surface area contributed by atoms with E-state index in [4.69, 9.17) is 4.84 Å². The molecule has 0 saturated heterocycles. The molecule has 1 aliphatic rings. The summed E-state index contributed by atoms with van der Waals surface area (Å²) in [5.74, 6) is 3.18. The average molecular weight is 262 g/mol. The first-order valence-electron chi connectivity index (χ1n) is 5.20. The normalized spacial score (nSPS) is 13.2. The van der Waals surface area contributed by atoms with E-state index in [0.29, 0.717) is 0 Å². The number of allylic oxidation sites excluding steroid dienone is 1. The first-order chi connectivity index (χ1) is 7.77. The van der Waals surface area contributed by atoms with E-state index in [1.54, 1.807) is 7.05 Å². The van der Waals surface area contributed by atoms with E-state index in [-0.39, 0.29) is 0 Å². The smallest absolute Gasteiger partial charge is 0.325 e. The van der Waals surface area contributed by atoms with Gasteiger partial charge in [0, 0.05) is 24.3 Å². The quantitative estimate of drug-likeness (QED) is 0.543. The molecule has 1 saturated carbocycles. The number of hydroxylamine groups is 1. The molecule has 0 radical (unpaired) electrons. The Hall–Kier alpha value is -0.490. The van der Waals surface area contributed by atoms with Crippen LogP contribution in [0.3, 0.4) is 0 Å². The molecular weight excluding hydrogens is 244 g/mol. The lowest BCUT2D eigenvalue weighted by molar-refractivity contribution is 0.108. The summed E-state index contributed by atoms with van der Waals surface area (Å²) in [5, 5.41) is 2.40. The monoisotopic (exact) mass is 262 g/mol. The highest BCUT2D eigenvalue weighted by molar-refractivity contribution is 8.02. The molecule has 0 aliphatic heterocycles. The van der Waals surface area contributed by atoms with Crippen LogP contribution in [0.4, 0.5) is 4.79 Å². The number of carbonyl (C=O) groups is 1. The van der Waals surface area contributed by atoms with Gasteiger partial charge in [0.25, 0.3) is 0 Å². The molecule has 0 aromatic rings. The van der Waals surface area contributed by atoms with Crippen molar-refractivity contribution in [2.45, 2.75) is 12.8 Å². The van der Waals surface area contributed by atoms with Gasteiger partial charge in [-0.15, -0.1) is 0 Å². The number of amides is 1. The zero-order chi connectivity index (χ0) is 11.8. The lowest BCUT2D eigenvalue weighted by Gasteiger charge is -2.09. The fourth-order valence-electron chi connectivity index (χ4n) is 1.04. The van der Waals surface area contributed by atoms with E-state index in [2.05, 4.69) is 17.1 Å². The predicted molar refractivity (Wildman–Crippen MR) is 70.6 cm³/mol. The summed E-state index contributed by atoms with van der Waals surface area (Å²) in [7, 11) is 1.54. The zero-order valence-corrected chi connectivity index (χ0v) is 11.3. The van der Waals surface area contributed by atoms with Gasteiger partial charge in [0.15, 0.2) is 0 Å². The molecule has 6 heteroatoms. The highest BCUT2D eigenvalue weighted by Gasteiger charge is 2.18. The maximum absolute atomic E-state index is 10.9. The minimum atomic E-state index is -0.451. The van der Waals surface area contributed by atoms with Crippen LogP contribution in [-0.2, 0) is 4.84 Å². The Morgan fingerprint density at radius 2 is 2.19 bits per heavy atom. The molecule has 0 bridgehead atoms. The largest absolute Gasteiger partial charge is 0.431 e. The van der Waals surface area contributed by atoms with Gasteiger partial charge in [0.1, 0.15) is 0 Å². The standard InChI is InChI=1S/C10H18N2O2S2/c1-11-10(13)14-12-9(8-3-4-8)7-16-6-5-15-2/h12H,3-7H2,1-2H3,(H,11,13). The second kappa shape index (κ2) is 7.73. The van der Waals surface area contributed by atoms with Crippen LogP contribution in [0, 0.1) is 0 Å². The highest BCUT2D eigenvalue weighted by atomic mass is 32.2. The average Bonchev–Trinajstić information content (AvgIpc) is 3.11. The zero-order valence-electron chi connectivity index (χ0n) is 9.67. The van der Waals surface area contributed by atoms with Crippen LogP contribution in [0.2, 0.25) is 0 Å². The first-order valence-corrected chi connectivity index (χ1v) is 7.75. The number of hydrogen-bond donors (Lipinski definition) is 2. The van der Waals surface area contributed by atoms with Gasteiger partial charge in [-0.25, -0.2) is 10.3 Å². The summed E-state index contributed by atoms with van der Waals surface area (Å²) in [5.41, 5.74) is 5.19. The van der Waals surface area contributed by atoms with Gasteiger partial charge in [0.2, 0.25) is 0 Å².